The van der Waals surface area contributed by atoms with Crippen LogP contribution in [0.25, 0.3) is 0 Å². The van der Waals surface area contributed by atoms with Crippen LogP contribution in [-0.2, 0) is 11.2 Å². The van der Waals surface area contributed by atoms with Crippen molar-refractivity contribution in [2.45, 2.75) is 9.79 Å². The molecule has 0 bridgehead atoms. The second kappa shape index (κ2) is 4.31. The normalized spacial score (nSPS) is 10.4. The molecule has 0 aromatic heterocycles. The van der Waals surface area contributed by atoms with Crippen LogP contribution in [-0.4, -0.2) is 4.55 Å². The van der Waals surface area contributed by atoms with E-state index >= 15 is 0 Å². The Morgan fingerprint density at radius 1 is 0.929 bits per heavy atom. The lowest BCUT2D eigenvalue weighted by Crippen LogP contribution is -2.00. The molecule has 0 saturated heterocycles. The summed E-state index contributed by atoms with van der Waals surface area (Å²) in [5, 5.41) is 0. The van der Waals surface area contributed by atoms with Crippen molar-refractivity contribution in [3.63, 3.8) is 0 Å². The van der Waals surface area contributed by atoms with Gasteiger partial charge in [0.05, 0.1) is 0 Å². The summed E-state index contributed by atoms with van der Waals surface area (Å²) >= 11 is -1.08. The number of benzene rings is 2. The SMILES string of the molecule is [O-][S+](c1c[c]ccc1)c1ccccc1. The summed E-state index contributed by atoms with van der Waals surface area (Å²) in [7, 11) is 0. The zero-order valence-corrected chi connectivity index (χ0v) is 8.33. The average molecular weight is 201 g/mol. The van der Waals surface area contributed by atoms with Crippen molar-refractivity contribution in [2.24, 2.45) is 0 Å². The van der Waals surface area contributed by atoms with E-state index in [0.29, 0.717) is 0 Å². The first-order valence-electron chi connectivity index (χ1n) is 4.31. The maximum Gasteiger partial charge on any atom is 0.159 e. The molecule has 1 atom stereocenters. The fraction of sp³-hybridized carbons (Fsp3) is 0. The van der Waals surface area contributed by atoms with Gasteiger partial charge in [-0.05, 0) is 24.3 Å². The summed E-state index contributed by atoms with van der Waals surface area (Å²) in [6, 6.07) is 19.6. The zero-order valence-electron chi connectivity index (χ0n) is 7.51. The lowest BCUT2D eigenvalue weighted by Gasteiger charge is -2.08. The van der Waals surface area contributed by atoms with Crippen LogP contribution in [0.4, 0.5) is 0 Å². The molecule has 2 aromatic rings. The summed E-state index contributed by atoms with van der Waals surface area (Å²) < 4.78 is 11.9. The number of hydrogen-bond donors (Lipinski definition) is 0. The first-order chi connectivity index (χ1) is 6.88. The monoisotopic (exact) mass is 201 g/mol. The van der Waals surface area contributed by atoms with Gasteiger partial charge in [-0.1, -0.05) is 30.3 Å². The Morgan fingerprint density at radius 2 is 1.64 bits per heavy atom. The van der Waals surface area contributed by atoms with Gasteiger partial charge in [0.2, 0.25) is 0 Å². The third-order valence-electron chi connectivity index (χ3n) is 1.85. The first-order valence-corrected chi connectivity index (χ1v) is 5.46. The molecule has 0 aliphatic carbocycles. The van der Waals surface area contributed by atoms with Gasteiger partial charge in [0.25, 0.3) is 0 Å². The highest BCUT2D eigenvalue weighted by Gasteiger charge is 2.12. The molecule has 69 valence electrons. The highest BCUT2D eigenvalue weighted by atomic mass is 32.2. The van der Waals surface area contributed by atoms with E-state index in [-0.39, 0.29) is 0 Å². The second-order valence-electron chi connectivity index (χ2n) is 2.82. The fourth-order valence-corrected chi connectivity index (χ4v) is 2.23. The molecule has 2 rings (SSSR count). The van der Waals surface area contributed by atoms with Crippen LogP contribution in [0.3, 0.4) is 0 Å². The van der Waals surface area contributed by atoms with Crippen molar-refractivity contribution < 1.29 is 4.55 Å². The molecular formula is C12H9OS. The highest BCUT2D eigenvalue weighted by molar-refractivity contribution is 7.91. The first kappa shape index (κ1) is 9.31. The van der Waals surface area contributed by atoms with Gasteiger partial charge in [0.15, 0.2) is 9.79 Å². The van der Waals surface area contributed by atoms with Crippen molar-refractivity contribution in [3.05, 3.63) is 60.7 Å². The summed E-state index contributed by atoms with van der Waals surface area (Å²) in [4.78, 5) is 1.62. The molecular weight excluding hydrogens is 192 g/mol. The molecule has 0 spiro atoms. The topological polar surface area (TPSA) is 23.1 Å². The van der Waals surface area contributed by atoms with Gasteiger partial charge >= 0.3 is 0 Å². The van der Waals surface area contributed by atoms with E-state index in [1.807, 2.05) is 42.5 Å². The predicted octanol–water partition coefficient (Wildman–Crippen LogP) is 2.65. The molecule has 1 nitrogen and oxygen atoms in total. The third-order valence-corrected chi connectivity index (χ3v) is 3.23. The smallest absolute Gasteiger partial charge is 0.159 e. The Balaban J connectivity index is 2.30. The largest absolute Gasteiger partial charge is 0.606 e. The summed E-state index contributed by atoms with van der Waals surface area (Å²) in [6.07, 6.45) is 0. The molecule has 1 radical (unpaired) electrons. The summed E-state index contributed by atoms with van der Waals surface area (Å²) in [6.45, 7) is 0. The molecule has 2 heteroatoms. The lowest BCUT2D eigenvalue weighted by atomic mass is 10.4. The van der Waals surface area contributed by atoms with E-state index in [4.69, 9.17) is 0 Å². The molecule has 0 saturated carbocycles. The van der Waals surface area contributed by atoms with E-state index < -0.39 is 11.2 Å². The van der Waals surface area contributed by atoms with Gasteiger partial charge in [-0.2, -0.15) is 0 Å². The minimum atomic E-state index is -1.08. The van der Waals surface area contributed by atoms with Gasteiger partial charge in [-0.3, -0.25) is 0 Å². The minimum absolute atomic E-state index is 0.790. The minimum Gasteiger partial charge on any atom is -0.606 e. The zero-order chi connectivity index (χ0) is 9.80. The summed E-state index contributed by atoms with van der Waals surface area (Å²) in [5.74, 6) is 0. The second-order valence-corrected chi connectivity index (χ2v) is 4.30. The Morgan fingerprint density at radius 3 is 2.29 bits per heavy atom. The number of rotatable bonds is 2. The van der Waals surface area contributed by atoms with E-state index in [9.17, 15) is 4.55 Å². The van der Waals surface area contributed by atoms with Crippen molar-refractivity contribution in [2.75, 3.05) is 0 Å². The molecule has 0 fully saturated rings. The van der Waals surface area contributed by atoms with E-state index in [1.54, 1.807) is 12.1 Å². The van der Waals surface area contributed by atoms with Crippen LogP contribution in [0.1, 0.15) is 0 Å². The Hall–Kier alpha value is -1.25. The number of hydrogen-bond acceptors (Lipinski definition) is 1. The molecule has 14 heavy (non-hydrogen) atoms. The van der Waals surface area contributed by atoms with Crippen molar-refractivity contribution in [1.82, 2.24) is 0 Å². The third kappa shape index (κ3) is 1.97. The van der Waals surface area contributed by atoms with Crippen LogP contribution >= 0.6 is 0 Å². The summed E-state index contributed by atoms with van der Waals surface area (Å²) in [5.41, 5.74) is 0. The molecule has 1 unspecified atom stereocenters. The molecule has 0 N–H and O–H groups in total. The van der Waals surface area contributed by atoms with Gasteiger partial charge in [0.1, 0.15) is 0 Å². The van der Waals surface area contributed by atoms with Gasteiger partial charge in [-0.25, -0.2) is 0 Å². The molecule has 0 amide bonds. The van der Waals surface area contributed by atoms with Crippen LogP contribution in [0.2, 0.25) is 0 Å². The Bertz CT molecular complexity index is 346. The Kier molecular flexibility index (Phi) is 2.87. The highest BCUT2D eigenvalue weighted by Crippen LogP contribution is 2.19. The maximum absolute atomic E-state index is 11.9. The van der Waals surface area contributed by atoms with Crippen LogP contribution < -0.4 is 0 Å². The maximum atomic E-state index is 11.9. The average Bonchev–Trinajstić information content (AvgIpc) is 2.30. The van der Waals surface area contributed by atoms with Crippen molar-refractivity contribution in [3.8, 4) is 0 Å². The van der Waals surface area contributed by atoms with Crippen LogP contribution in [0.5, 0.6) is 0 Å². The van der Waals surface area contributed by atoms with Crippen molar-refractivity contribution in [1.29, 1.82) is 0 Å². The Labute approximate surface area is 86.6 Å². The quantitative estimate of drug-likeness (QED) is 0.685. The van der Waals surface area contributed by atoms with E-state index in [0.717, 1.165) is 9.79 Å². The molecule has 0 aliphatic heterocycles. The van der Waals surface area contributed by atoms with Crippen LogP contribution in [0.15, 0.2) is 64.4 Å². The predicted molar refractivity (Wildman–Crippen MR) is 56.4 cm³/mol. The van der Waals surface area contributed by atoms with Gasteiger partial charge in [0, 0.05) is 17.2 Å². The fourth-order valence-electron chi connectivity index (χ4n) is 1.17. The molecule has 2 aromatic carbocycles. The van der Waals surface area contributed by atoms with E-state index in [2.05, 4.69) is 6.07 Å². The molecule has 0 aliphatic rings. The molecule has 0 heterocycles. The van der Waals surface area contributed by atoms with Crippen molar-refractivity contribution >= 4 is 11.2 Å². The van der Waals surface area contributed by atoms with E-state index in [1.165, 1.54) is 0 Å². The standard InChI is InChI=1S/C12H9OS/c13-14(11-7-3-1-4-8-11)12-9-5-2-6-10-12/h1-5,7-10H. The lowest BCUT2D eigenvalue weighted by molar-refractivity contribution is 0.595. The van der Waals surface area contributed by atoms with Gasteiger partial charge < -0.3 is 4.55 Å². The van der Waals surface area contributed by atoms with Gasteiger partial charge in [-0.15, -0.1) is 0 Å². The van der Waals surface area contributed by atoms with Crippen LogP contribution in [0, 0.1) is 6.07 Å².